The molecule has 0 unspecified atom stereocenters. The topological polar surface area (TPSA) is 87.3 Å². The summed E-state index contributed by atoms with van der Waals surface area (Å²) in [5, 5.41) is 10.4. The summed E-state index contributed by atoms with van der Waals surface area (Å²) in [4.78, 5) is 26.2. The van der Waals surface area contributed by atoms with Crippen LogP contribution in [0.4, 0.5) is 0 Å². The van der Waals surface area contributed by atoms with Crippen LogP contribution in [0.15, 0.2) is 30.3 Å². The maximum atomic E-state index is 13.0. The van der Waals surface area contributed by atoms with Gasteiger partial charge in [0.15, 0.2) is 5.69 Å². The lowest BCUT2D eigenvalue weighted by atomic mass is 10.1. The van der Waals surface area contributed by atoms with E-state index in [-0.39, 0.29) is 12.5 Å². The van der Waals surface area contributed by atoms with E-state index in [1.807, 2.05) is 30.3 Å². The Morgan fingerprint density at radius 2 is 2.08 bits per heavy atom. The van der Waals surface area contributed by atoms with E-state index in [1.165, 1.54) is 12.0 Å². The second kappa shape index (κ2) is 7.94. The van der Waals surface area contributed by atoms with Crippen molar-refractivity contribution in [2.45, 2.75) is 19.4 Å². The summed E-state index contributed by atoms with van der Waals surface area (Å²) in [5.74, 6) is -0.688. The number of fused-ring (bicyclic) bond motifs is 1. The van der Waals surface area contributed by atoms with E-state index < -0.39 is 5.97 Å². The predicted octanol–water partition coefficient (Wildman–Crippen LogP) is 0.913. The number of nitrogens with one attached hydrogen (secondary N) is 2. The number of aromatic nitrogens is 2. The van der Waals surface area contributed by atoms with Crippen LogP contribution in [-0.2, 0) is 28.9 Å². The lowest BCUT2D eigenvalue weighted by molar-refractivity contribution is -0.141. The molecule has 1 amide bonds. The first-order valence-corrected chi connectivity index (χ1v) is 8.36. The van der Waals surface area contributed by atoms with Crippen LogP contribution in [0.5, 0.6) is 0 Å². The average Bonchev–Trinajstić information content (AvgIpc) is 3.09. The van der Waals surface area contributed by atoms with Crippen LogP contribution < -0.4 is 5.32 Å². The Hall–Kier alpha value is -2.67. The molecular formula is C18H22N4O3. The van der Waals surface area contributed by atoms with E-state index in [2.05, 4.69) is 15.5 Å². The quantitative estimate of drug-likeness (QED) is 0.762. The molecule has 3 rings (SSSR count). The van der Waals surface area contributed by atoms with Gasteiger partial charge in [0.25, 0.3) is 5.91 Å². The first-order chi connectivity index (χ1) is 12.2. The fourth-order valence-electron chi connectivity index (χ4n) is 2.93. The molecular weight excluding hydrogens is 320 g/mol. The van der Waals surface area contributed by atoms with E-state index in [4.69, 9.17) is 4.74 Å². The maximum absolute atomic E-state index is 13.0. The summed E-state index contributed by atoms with van der Waals surface area (Å²) in [6, 6.07) is 9.86. The Labute approximate surface area is 146 Å². The van der Waals surface area contributed by atoms with Gasteiger partial charge in [0.05, 0.1) is 7.11 Å². The smallest absolute Gasteiger partial charge is 0.325 e. The Bertz CT molecular complexity index is 742. The van der Waals surface area contributed by atoms with Crippen molar-refractivity contribution in [3.05, 3.63) is 52.8 Å². The van der Waals surface area contributed by atoms with Gasteiger partial charge in [-0.3, -0.25) is 14.7 Å². The van der Waals surface area contributed by atoms with Crippen molar-refractivity contribution in [2.75, 3.05) is 26.7 Å². The standard InChI is InChI=1S/C18H22N4O3/c1-25-16(23)12-22(10-8-13-5-3-2-4-6-13)18(24)17-14-11-19-9-7-15(14)20-21-17/h2-6,19H,7-12H2,1H3,(H,20,21). The summed E-state index contributed by atoms with van der Waals surface area (Å²) in [6.07, 6.45) is 1.48. The fraction of sp³-hybridized carbons (Fsp3) is 0.389. The largest absolute Gasteiger partial charge is 0.468 e. The number of H-pyrrole nitrogens is 1. The highest BCUT2D eigenvalue weighted by Gasteiger charge is 2.26. The summed E-state index contributed by atoms with van der Waals surface area (Å²) >= 11 is 0. The van der Waals surface area contributed by atoms with Gasteiger partial charge >= 0.3 is 5.97 Å². The van der Waals surface area contributed by atoms with Crippen LogP contribution >= 0.6 is 0 Å². The third-order valence-corrected chi connectivity index (χ3v) is 4.36. The molecule has 1 aromatic heterocycles. The molecule has 25 heavy (non-hydrogen) atoms. The van der Waals surface area contributed by atoms with Gasteiger partial charge in [-0.1, -0.05) is 30.3 Å². The molecule has 1 aliphatic heterocycles. The second-order valence-corrected chi connectivity index (χ2v) is 5.99. The van der Waals surface area contributed by atoms with Crippen LogP contribution in [0.25, 0.3) is 0 Å². The normalized spacial score (nSPS) is 13.2. The van der Waals surface area contributed by atoms with Gasteiger partial charge in [0.1, 0.15) is 6.54 Å². The molecule has 0 aliphatic carbocycles. The maximum Gasteiger partial charge on any atom is 0.325 e. The van der Waals surface area contributed by atoms with Gasteiger partial charge in [0.2, 0.25) is 0 Å². The average molecular weight is 342 g/mol. The molecule has 7 heteroatoms. The van der Waals surface area contributed by atoms with Gasteiger partial charge in [-0.25, -0.2) is 0 Å². The second-order valence-electron chi connectivity index (χ2n) is 5.99. The number of benzene rings is 1. The zero-order chi connectivity index (χ0) is 17.6. The predicted molar refractivity (Wildman–Crippen MR) is 92.1 cm³/mol. The number of aromatic amines is 1. The van der Waals surface area contributed by atoms with E-state index >= 15 is 0 Å². The van der Waals surface area contributed by atoms with Gasteiger partial charge in [-0.05, 0) is 12.0 Å². The summed E-state index contributed by atoms with van der Waals surface area (Å²) in [5.41, 5.74) is 3.38. The van der Waals surface area contributed by atoms with Crippen molar-refractivity contribution >= 4 is 11.9 Å². The third kappa shape index (κ3) is 4.06. The number of carbonyl (C=O) groups is 2. The molecule has 0 bridgehead atoms. The number of hydrogen-bond acceptors (Lipinski definition) is 5. The van der Waals surface area contributed by atoms with Crippen LogP contribution in [0.1, 0.15) is 27.3 Å². The molecule has 2 heterocycles. The molecule has 0 saturated carbocycles. The Kier molecular flexibility index (Phi) is 5.45. The van der Waals surface area contributed by atoms with E-state index in [0.717, 1.165) is 29.8 Å². The molecule has 0 spiro atoms. The Morgan fingerprint density at radius 1 is 1.28 bits per heavy atom. The van der Waals surface area contributed by atoms with Crippen LogP contribution in [0, 0.1) is 0 Å². The zero-order valence-corrected chi connectivity index (χ0v) is 14.2. The number of ether oxygens (including phenoxy) is 1. The van der Waals surface area contributed by atoms with E-state index in [0.29, 0.717) is 25.2 Å². The molecule has 1 aliphatic rings. The van der Waals surface area contributed by atoms with Crippen molar-refractivity contribution in [3.63, 3.8) is 0 Å². The minimum absolute atomic E-state index is 0.0861. The number of hydrogen-bond donors (Lipinski definition) is 2. The number of nitrogens with zero attached hydrogens (tertiary/aromatic N) is 2. The van der Waals surface area contributed by atoms with Crippen molar-refractivity contribution in [1.82, 2.24) is 20.4 Å². The van der Waals surface area contributed by atoms with E-state index in [1.54, 1.807) is 0 Å². The van der Waals surface area contributed by atoms with Gasteiger partial charge < -0.3 is 15.0 Å². The number of esters is 1. The lowest BCUT2D eigenvalue weighted by Crippen LogP contribution is -2.38. The lowest BCUT2D eigenvalue weighted by Gasteiger charge is -2.22. The van der Waals surface area contributed by atoms with Crippen molar-refractivity contribution in [2.24, 2.45) is 0 Å². The van der Waals surface area contributed by atoms with Gasteiger partial charge in [-0.15, -0.1) is 0 Å². The van der Waals surface area contributed by atoms with Crippen molar-refractivity contribution in [3.8, 4) is 0 Å². The van der Waals surface area contributed by atoms with Crippen LogP contribution in [-0.4, -0.2) is 53.7 Å². The SMILES string of the molecule is COC(=O)CN(CCc1ccccc1)C(=O)c1n[nH]c2c1CNCC2. The number of rotatable bonds is 6. The summed E-state index contributed by atoms with van der Waals surface area (Å²) in [6.45, 7) is 1.81. The molecule has 2 aromatic rings. The Balaban J connectivity index is 1.77. The van der Waals surface area contributed by atoms with Crippen LogP contribution in [0.3, 0.4) is 0 Å². The number of methoxy groups -OCH3 is 1. The molecule has 0 radical (unpaired) electrons. The molecule has 0 saturated heterocycles. The first-order valence-electron chi connectivity index (χ1n) is 8.36. The monoisotopic (exact) mass is 342 g/mol. The molecule has 132 valence electrons. The Morgan fingerprint density at radius 3 is 2.84 bits per heavy atom. The van der Waals surface area contributed by atoms with Crippen molar-refractivity contribution < 1.29 is 14.3 Å². The molecule has 1 aromatic carbocycles. The molecule has 0 fully saturated rings. The highest BCUT2D eigenvalue weighted by molar-refractivity contribution is 5.95. The van der Waals surface area contributed by atoms with Crippen molar-refractivity contribution in [1.29, 1.82) is 0 Å². The summed E-state index contributed by atoms with van der Waals surface area (Å²) in [7, 11) is 1.32. The minimum atomic E-state index is -0.441. The highest BCUT2D eigenvalue weighted by atomic mass is 16.5. The zero-order valence-electron chi connectivity index (χ0n) is 14.2. The molecule has 2 N–H and O–H groups in total. The minimum Gasteiger partial charge on any atom is -0.468 e. The van der Waals surface area contributed by atoms with Crippen LogP contribution in [0.2, 0.25) is 0 Å². The first kappa shape index (κ1) is 17.2. The highest BCUT2D eigenvalue weighted by Crippen LogP contribution is 2.17. The van der Waals surface area contributed by atoms with Gasteiger partial charge in [-0.2, -0.15) is 5.10 Å². The molecule has 7 nitrogen and oxygen atoms in total. The molecule has 0 atom stereocenters. The fourth-order valence-corrected chi connectivity index (χ4v) is 2.93. The van der Waals surface area contributed by atoms with Gasteiger partial charge in [0, 0.05) is 37.3 Å². The third-order valence-electron chi connectivity index (χ3n) is 4.36. The number of carbonyl (C=O) groups excluding carboxylic acids is 2. The van der Waals surface area contributed by atoms with E-state index in [9.17, 15) is 9.59 Å². The summed E-state index contributed by atoms with van der Waals surface area (Å²) < 4.78 is 4.74. The number of amides is 1.